The predicted molar refractivity (Wildman–Crippen MR) is 309 cm³/mol. The number of aliphatic hydroxyl groups is 2. The molecular weight excluding hydrogens is 1010 g/mol. The van der Waals surface area contributed by atoms with Gasteiger partial charge in [0.15, 0.2) is 16.7 Å². The molecule has 2 aromatic heterocycles. The molecule has 16 nitrogen and oxygen atoms in total. The van der Waals surface area contributed by atoms with E-state index < -0.39 is 30.9 Å². The monoisotopic (exact) mass is 1110 g/mol. The maximum Gasteiger partial charge on any atom is 0.486 e. The van der Waals surface area contributed by atoms with Crippen molar-refractivity contribution in [2.24, 2.45) is 0 Å². The lowest BCUT2D eigenvalue weighted by atomic mass is 9.88. The SMILES string of the molecule is C.C.CCCCC[C@H](O)c1nc2ccccc2nc1/C=C/[C@H]1OC(C)(C)O[C@H]1CCCC(=O)OC.CCCCC[C@H](O)c1nc2ccccc2nc1Cl.COC(=O)CCC[C@@H]1OC(C)(C)O[C@@H]1/C=C/B1OC(C)(C)C(C)(C)O1. The summed E-state index contributed by atoms with van der Waals surface area (Å²) in [5.41, 5.74) is 4.05. The van der Waals surface area contributed by atoms with Crippen molar-refractivity contribution in [3.8, 4) is 0 Å². The van der Waals surface area contributed by atoms with Gasteiger partial charge in [0.05, 0.1) is 83.3 Å². The van der Waals surface area contributed by atoms with E-state index >= 15 is 0 Å². The molecule has 0 radical (unpaired) electrons. The Morgan fingerprint density at radius 2 is 1.03 bits per heavy atom. The third kappa shape index (κ3) is 20.3. The summed E-state index contributed by atoms with van der Waals surface area (Å²) in [5.74, 6) is 0.0821. The van der Waals surface area contributed by atoms with Gasteiger partial charge in [-0.1, -0.05) is 121 Å². The molecule has 5 heterocycles. The molecule has 2 aromatic carbocycles. The van der Waals surface area contributed by atoms with E-state index in [4.69, 9.17) is 54.6 Å². The van der Waals surface area contributed by atoms with Crippen LogP contribution in [0.1, 0.15) is 203 Å². The number of hydrogen-bond donors (Lipinski definition) is 2. The Bertz CT molecular complexity index is 2530. The van der Waals surface area contributed by atoms with Crippen molar-refractivity contribution < 1.29 is 57.5 Å². The van der Waals surface area contributed by atoms with Crippen LogP contribution in [0.5, 0.6) is 0 Å². The number of halogens is 1. The number of benzene rings is 2. The number of fused-ring (bicyclic) bond motifs is 2. The summed E-state index contributed by atoms with van der Waals surface area (Å²) in [4.78, 5) is 40.9. The van der Waals surface area contributed by atoms with E-state index in [1.165, 1.54) is 14.2 Å². The number of hydrogen-bond acceptors (Lipinski definition) is 16. The van der Waals surface area contributed by atoms with Crippen molar-refractivity contribution in [2.75, 3.05) is 14.2 Å². The molecule has 434 valence electrons. The van der Waals surface area contributed by atoms with Gasteiger partial charge >= 0.3 is 19.1 Å². The quantitative estimate of drug-likeness (QED) is 0.0427. The summed E-state index contributed by atoms with van der Waals surface area (Å²) in [7, 11) is 2.38. The van der Waals surface area contributed by atoms with Gasteiger partial charge in [-0.3, -0.25) is 9.59 Å². The highest BCUT2D eigenvalue weighted by Gasteiger charge is 2.50. The minimum atomic E-state index is -0.720. The third-order valence-corrected chi connectivity index (χ3v) is 14.1. The number of esters is 2. The first kappa shape index (κ1) is 67.8. The zero-order chi connectivity index (χ0) is 55.7. The second kappa shape index (κ2) is 31.5. The van der Waals surface area contributed by atoms with Crippen LogP contribution in [0.2, 0.25) is 5.15 Å². The molecule has 3 aliphatic heterocycles. The molecule has 0 aliphatic carbocycles. The van der Waals surface area contributed by atoms with Crippen LogP contribution in [0.15, 0.2) is 66.7 Å². The summed E-state index contributed by atoms with van der Waals surface area (Å²) >= 11 is 6.08. The van der Waals surface area contributed by atoms with Gasteiger partial charge in [-0.25, -0.2) is 19.9 Å². The number of aromatic nitrogens is 4. The zero-order valence-corrected chi connectivity index (χ0v) is 47.8. The van der Waals surface area contributed by atoms with Crippen molar-refractivity contribution in [3.63, 3.8) is 0 Å². The Labute approximate surface area is 470 Å². The lowest BCUT2D eigenvalue weighted by Gasteiger charge is -2.32. The van der Waals surface area contributed by atoms with Crippen molar-refractivity contribution >= 4 is 58.8 Å². The molecule has 3 saturated heterocycles. The van der Waals surface area contributed by atoms with Gasteiger partial charge in [-0.05, 0) is 124 Å². The van der Waals surface area contributed by atoms with Crippen LogP contribution in [-0.2, 0) is 47.3 Å². The minimum Gasteiger partial charge on any atom is -0.469 e. The smallest absolute Gasteiger partial charge is 0.469 e. The van der Waals surface area contributed by atoms with Gasteiger partial charge in [0.25, 0.3) is 0 Å². The molecule has 78 heavy (non-hydrogen) atoms. The Morgan fingerprint density at radius 3 is 1.47 bits per heavy atom. The van der Waals surface area contributed by atoms with Gasteiger partial charge < -0.3 is 47.9 Å². The lowest BCUT2D eigenvalue weighted by molar-refractivity contribution is -0.145. The average Bonchev–Trinajstić information content (AvgIpc) is 3.96. The molecular formula is C60H92BClN4O12. The molecule has 0 unspecified atom stereocenters. The predicted octanol–water partition coefficient (Wildman–Crippen LogP) is 13.3. The molecule has 3 aliphatic rings. The zero-order valence-electron chi connectivity index (χ0n) is 47.0. The first-order valence-corrected chi connectivity index (χ1v) is 27.5. The Kier molecular flexibility index (Phi) is 27.4. The van der Waals surface area contributed by atoms with E-state index in [1.54, 1.807) is 0 Å². The van der Waals surface area contributed by atoms with Gasteiger partial charge in [0.1, 0.15) is 17.9 Å². The summed E-state index contributed by atoms with van der Waals surface area (Å²) in [6.07, 6.45) is 14.7. The van der Waals surface area contributed by atoms with Gasteiger partial charge in [0, 0.05) is 12.8 Å². The maximum absolute atomic E-state index is 11.5. The lowest BCUT2D eigenvalue weighted by Crippen LogP contribution is -2.41. The highest BCUT2D eigenvalue weighted by atomic mass is 35.5. The first-order chi connectivity index (χ1) is 36.0. The molecule has 7 rings (SSSR count). The first-order valence-electron chi connectivity index (χ1n) is 27.1. The highest BCUT2D eigenvalue weighted by molar-refractivity contribution is 6.51. The number of carbonyl (C=O) groups is 2. The molecule has 0 saturated carbocycles. The van der Waals surface area contributed by atoms with Crippen molar-refractivity contribution in [1.29, 1.82) is 0 Å². The summed E-state index contributed by atoms with van der Waals surface area (Å²) in [6.45, 7) is 19.9. The van der Waals surface area contributed by atoms with Crippen LogP contribution in [0.25, 0.3) is 28.1 Å². The van der Waals surface area contributed by atoms with Crippen LogP contribution in [0.3, 0.4) is 0 Å². The number of methoxy groups -OCH3 is 2. The number of nitrogens with zero attached hydrogens (tertiary/aromatic N) is 4. The van der Waals surface area contributed by atoms with E-state index in [-0.39, 0.29) is 62.4 Å². The summed E-state index contributed by atoms with van der Waals surface area (Å²) in [5, 5.41) is 21.3. The Balaban J connectivity index is 0.000000317. The highest BCUT2D eigenvalue weighted by Crippen LogP contribution is 2.38. The van der Waals surface area contributed by atoms with Crippen LogP contribution in [0.4, 0.5) is 0 Å². The minimum absolute atomic E-state index is 0. The fraction of sp³-hybridized carbons (Fsp3) is 0.633. The molecule has 4 aromatic rings. The number of carbonyl (C=O) groups excluding carboxylic acids is 2. The van der Waals surface area contributed by atoms with E-state index in [1.807, 2.05) is 128 Å². The number of rotatable bonds is 22. The standard InChI is InChI=1S/C26H36N2O5.C18H31BO6.C14H17ClN2O.2CH4/c1-5-6-7-13-21(29)25-20(27-18-11-8-9-12-19(18)28-25)16-17-23-22(32-26(2,3)33-23)14-10-15-24(30)31-4;1-16(2)17(3,4)25-19(24-16)12-11-14-13(22-18(5,6)23-14)9-8-10-15(20)21-7;1-2-3-4-9-12(18)13-14(15)17-11-8-6-5-7-10(11)16-13;;/h8-9,11-12,16-17,21-23,29H,5-7,10,13-15H2,1-4H3;11-14H,8-10H2,1-7H3;5-8,12,18H,2-4,9H2,1H3;2*1H4/b17-16+;12-11+;;;/t21-,22-,23+;13-,14+;12-;;/m000../s1. The van der Waals surface area contributed by atoms with E-state index in [2.05, 4.69) is 28.6 Å². The van der Waals surface area contributed by atoms with Crippen molar-refractivity contribution in [1.82, 2.24) is 19.9 Å². The van der Waals surface area contributed by atoms with Crippen LogP contribution in [-0.4, -0.2) is 111 Å². The maximum atomic E-state index is 11.5. The van der Waals surface area contributed by atoms with Crippen LogP contribution >= 0.6 is 11.6 Å². The molecule has 0 bridgehead atoms. The number of para-hydroxylation sites is 4. The van der Waals surface area contributed by atoms with Crippen LogP contribution in [0, 0.1) is 0 Å². The van der Waals surface area contributed by atoms with Gasteiger partial charge in [-0.15, -0.1) is 0 Å². The summed E-state index contributed by atoms with van der Waals surface area (Å²) < 4.78 is 45.5. The Hall–Kier alpha value is -4.43. The molecule has 2 N–H and O–H groups in total. The fourth-order valence-corrected chi connectivity index (χ4v) is 9.26. The molecule has 3 fully saturated rings. The third-order valence-electron chi connectivity index (χ3n) is 13.8. The normalized spacial score (nSPS) is 21.5. The molecule has 0 spiro atoms. The van der Waals surface area contributed by atoms with Gasteiger partial charge in [0.2, 0.25) is 0 Å². The second-order valence-corrected chi connectivity index (χ2v) is 21.8. The van der Waals surface area contributed by atoms with Crippen molar-refractivity contribution in [3.05, 3.63) is 88.9 Å². The van der Waals surface area contributed by atoms with E-state index in [0.29, 0.717) is 67.2 Å². The van der Waals surface area contributed by atoms with E-state index in [0.717, 1.165) is 67.0 Å². The van der Waals surface area contributed by atoms with E-state index in [9.17, 15) is 19.8 Å². The largest absolute Gasteiger partial charge is 0.486 e. The topological polar surface area (TPSA) is 200 Å². The van der Waals surface area contributed by atoms with Crippen molar-refractivity contribution in [2.45, 2.75) is 233 Å². The average molecular weight is 1110 g/mol. The molecule has 18 heteroatoms. The van der Waals surface area contributed by atoms with Crippen LogP contribution < -0.4 is 0 Å². The Morgan fingerprint density at radius 1 is 0.615 bits per heavy atom. The summed E-state index contributed by atoms with van der Waals surface area (Å²) in [6, 6.07) is 15.2. The second-order valence-electron chi connectivity index (χ2n) is 21.5. The van der Waals surface area contributed by atoms with Gasteiger partial charge in [-0.2, -0.15) is 0 Å². The number of ether oxygens (including phenoxy) is 6. The molecule has 6 atom stereocenters. The number of aliphatic hydroxyl groups excluding tert-OH is 2. The number of unbranched alkanes of at least 4 members (excludes halogenated alkanes) is 4. The molecule has 0 amide bonds. The fourth-order valence-electron chi connectivity index (χ4n) is 9.00.